The third-order valence-electron chi connectivity index (χ3n) is 6.17. The van der Waals surface area contributed by atoms with Crippen molar-refractivity contribution in [1.82, 2.24) is 5.01 Å². The number of ether oxygens (including phenoxy) is 1. The zero-order chi connectivity index (χ0) is 24.3. The highest BCUT2D eigenvalue weighted by Gasteiger charge is 2.54. The summed E-state index contributed by atoms with van der Waals surface area (Å²) >= 11 is 1.28. The lowest BCUT2D eigenvalue weighted by molar-refractivity contribution is -0.146. The monoisotopic (exact) mass is 475 g/mol. The molecule has 2 N–H and O–H groups in total. The van der Waals surface area contributed by atoms with Gasteiger partial charge in [-0.05, 0) is 81.5 Å². The van der Waals surface area contributed by atoms with E-state index in [1.54, 1.807) is 25.1 Å². The Bertz CT molecular complexity index is 1060. The van der Waals surface area contributed by atoms with Gasteiger partial charge in [-0.25, -0.2) is 13.8 Å². The Morgan fingerprint density at radius 1 is 1.24 bits per heavy atom. The van der Waals surface area contributed by atoms with Crippen molar-refractivity contribution >= 4 is 22.7 Å². The predicted molar refractivity (Wildman–Crippen MR) is 129 cm³/mol. The van der Waals surface area contributed by atoms with E-state index in [1.807, 2.05) is 20.8 Å². The average molecular weight is 476 g/mol. The lowest BCUT2D eigenvalue weighted by Gasteiger charge is -2.43. The Hall–Kier alpha value is -2.29. The maximum atomic E-state index is 14.9. The van der Waals surface area contributed by atoms with Crippen LogP contribution >= 0.6 is 11.8 Å². The molecule has 33 heavy (non-hydrogen) atoms. The minimum Gasteiger partial charge on any atom is -0.372 e. The van der Waals surface area contributed by atoms with Crippen LogP contribution in [0.2, 0.25) is 0 Å². The summed E-state index contributed by atoms with van der Waals surface area (Å²) in [4.78, 5) is 12.5. The van der Waals surface area contributed by atoms with E-state index in [4.69, 9.17) is 10.5 Å². The maximum absolute atomic E-state index is 14.9. The molecule has 178 valence electrons. The van der Waals surface area contributed by atoms with Crippen LogP contribution in [0.15, 0.2) is 41.5 Å². The molecule has 1 aliphatic heterocycles. The van der Waals surface area contributed by atoms with Crippen LogP contribution in [0.25, 0.3) is 0 Å². The number of benzene rings is 2. The summed E-state index contributed by atoms with van der Waals surface area (Å²) in [6, 6.07) is 9.31. The molecule has 2 aromatic rings. The van der Waals surface area contributed by atoms with Crippen molar-refractivity contribution in [3.63, 3.8) is 0 Å². The molecule has 1 heterocycles. The number of hydrogen-bond donors (Lipinski definition) is 1. The van der Waals surface area contributed by atoms with E-state index in [-0.39, 0.29) is 11.8 Å². The molecule has 1 amide bonds. The van der Waals surface area contributed by atoms with E-state index in [2.05, 4.69) is 5.10 Å². The van der Waals surface area contributed by atoms with Gasteiger partial charge >= 0.3 is 0 Å². The van der Waals surface area contributed by atoms with Crippen molar-refractivity contribution in [2.45, 2.75) is 51.5 Å². The molecule has 0 radical (unpaired) electrons. The number of nitrogens with two attached hydrogens (primary N) is 1. The normalized spacial score (nSPS) is 20.0. The summed E-state index contributed by atoms with van der Waals surface area (Å²) in [5.41, 5.74) is 8.57. The van der Waals surface area contributed by atoms with Crippen LogP contribution in [0.1, 0.15) is 48.9 Å². The first-order valence-electron chi connectivity index (χ1n) is 11.1. The predicted octanol–water partition coefficient (Wildman–Crippen LogP) is 5.08. The summed E-state index contributed by atoms with van der Waals surface area (Å²) < 4.78 is 34.8. The molecule has 0 aliphatic carbocycles. The Morgan fingerprint density at radius 3 is 2.61 bits per heavy atom. The lowest BCUT2D eigenvalue weighted by Crippen LogP contribution is -2.50. The lowest BCUT2D eigenvalue weighted by atomic mass is 9.84. The van der Waals surface area contributed by atoms with Crippen molar-refractivity contribution < 1.29 is 18.3 Å². The van der Waals surface area contributed by atoms with E-state index in [0.717, 1.165) is 11.1 Å². The second-order valence-electron chi connectivity index (χ2n) is 8.36. The highest BCUT2D eigenvalue weighted by atomic mass is 32.2. The van der Waals surface area contributed by atoms with Gasteiger partial charge in [-0.3, -0.25) is 4.79 Å². The first-order chi connectivity index (χ1) is 15.7. The SMILES string of the molecule is CC[C@H](CCN)[C@]1(c2cc(F)ccc2C)SC(c2cc(C)ccc2F)=NN1C(=O)[C@H](C)OC. The molecule has 3 rings (SSSR count). The summed E-state index contributed by atoms with van der Waals surface area (Å²) in [5, 5.41) is 6.41. The minimum atomic E-state index is -1.10. The van der Waals surface area contributed by atoms with Crippen LogP contribution in [0.4, 0.5) is 8.78 Å². The Labute approximate surface area is 198 Å². The molecule has 0 spiro atoms. The van der Waals surface area contributed by atoms with Gasteiger partial charge < -0.3 is 10.5 Å². The zero-order valence-corrected chi connectivity index (χ0v) is 20.5. The number of methoxy groups -OCH3 is 1. The third-order valence-corrected chi connectivity index (χ3v) is 7.70. The van der Waals surface area contributed by atoms with Crippen molar-refractivity contribution in [2.24, 2.45) is 16.8 Å². The summed E-state index contributed by atoms with van der Waals surface area (Å²) in [7, 11) is 1.45. The number of amides is 1. The smallest absolute Gasteiger partial charge is 0.273 e. The number of halogens is 2. The number of carbonyl (C=O) groups is 1. The zero-order valence-electron chi connectivity index (χ0n) is 19.7. The fraction of sp³-hybridized carbons (Fsp3) is 0.440. The molecule has 0 saturated heterocycles. The molecule has 0 saturated carbocycles. The second kappa shape index (κ2) is 10.3. The van der Waals surface area contributed by atoms with E-state index >= 15 is 0 Å². The Balaban J connectivity index is 2.32. The first-order valence-corrected chi connectivity index (χ1v) is 11.9. The van der Waals surface area contributed by atoms with Crippen LogP contribution in [-0.2, 0) is 14.4 Å². The number of nitrogens with zero attached hydrogens (tertiary/aromatic N) is 2. The van der Waals surface area contributed by atoms with E-state index in [1.165, 1.54) is 42.1 Å². The third kappa shape index (κ3) is 4.69. The molecule has 0 bridgehead atoms. The van der Waals surface area contributed by atoms with Gasteiger partial charge in [0, 0.05) is 12.7 Å². The van der Waals surface area contributed by atoms with Crippen molar-refractivity contribution in [2.75, 3.05) is 13.7 Å². The Kier molecular flexibility index (Phi) is 7.92. The molecular formula is C25H31F2N3O2S. The van der Waals surface area contributed by atoms with Crippen LogP contribution in [0.3, 0.4) is 0 Å². The quantitative estimate of drug-likeness (QED) is 0.578. The molecular weight excluding hydrogens is 444 g/mol. The fourth-order valence-electron chi connectivity index (χ4n) is 4.28. The van der Waals surface area contributed by atoms with Gasteiger partial charge in [0.15, 0.2) is 0 Å². The average Bonchev–Trinajstić information content (AvgIpc) is 3.20. The van der Waals surface area contributed by atoms with Gasteiger partial charge in [0.2, 0.25) is 0 Å². The number of aryl methyl sites for hydroxylation is 2. The summed E-state index contributed by atoms with van der Waals surface area (Å²) in [5.74, 6) is -1.40. The summed E-state index contributed by atoms with van der Waals surface area (Å²) in [6.45, 7) is 7.77. The highest BCUT2D eigenvalue weighted by Crippen LogP contribution is 2.55. The van der Waals surface area contributed by atoms with Crippen LogP contribution in [-0.4, -0.2) is 35.7 Å². The molecule has 3 atom stereocenters. The van der Waals surface area contributed by atoms with Gasteiger partial charge in [0.25, 0.3) is 5.91 Å². The molecule has 1 aliphatic rings. The second-order valence-corrected chi connectivity index (χ2v) is 9.57. The molecule has 0 unspecified atom stereocenters. The number of carbonyl (C=O) groups excluding carboxylic acids is 1. The van der Waals surface area contributed by atoms with Gasteiger partial charge in [-0.1, -0.05) is 36.4 Å². The van der Waals surface area contributed by atoms with E-state index in [9.17, 15) is 13.6 Å². The van der Waals surface area contributed by atoms with Gasteiger partial charge in [-0.15, -0.1) is 0 Å². The van der Waals surface area contributed by atoms with Crippen LogP contribution < -0.4 is 5.73 Å². The number of hydrogen-bond acceptors (Lipinski definition) is 5. The maximum Gasteiger partial charge on any atom is 0.273 e. The molecule has 2 aromatic carbocycles. The number of thioether (sulfide) groups is 1. The number of hydrazone groups is 1. The minimum absolute atomic E-state index is 0.171. The standard InChI is InChI=1S/C25H31F2N3O2S/c1-6-18(11-12-28)25(21-14-19(26)9-8-16(21)3)30(24(31)17(4)32-5)29-23(33-25)20-13-15(2)7-10-22(20)27/h7-10,13-14,17-18H,6,11-12,28H2,1-5H3/t17-,18+,25+/m0/s1. The fourth-order valence-corrected chi connectivity index (χ4v) is 5.96. The largest absolute Gasteiger partial charge is 0.372 e. The molecule has 8 heteroatoms. The van der Waals surface area contributed by atoms with Crippen molar-refractivity contribution in [1.29, 1.82) is 0 Å². The molecule has 0 aromatic heterocycles. The van der Waals surface area contributed by atoms with Gasteiger partial charge in [0.1, 0.15) is 27.7 Å². The molecule has 5 nitrogen and oxygen atoms in total. The van der Waals surface area contributed by atoms with Crippen molar-refractivity contribution in [3.8, 4) is 0 Å². The highest BCUT2D eigenvalue weighted by molar-refractivity contribution is 8.15. The van der Waals surface area contributed by atoms with Crippen molar-refractivity contribution in [3.05, 3.63) is 70.3 Å². The summed E-state index contributed by atoms with van der Waals surface area (Å²) in [6.07, 6.45) is 0.438. The van der Waals surface area contributed by atoms with Crippen LogP contribution in [0.5, 0.6) is 0 Å². The van der Waals surface area contributed by atoms with Gasteiger partial charge in [-0.2, -0.15) is 5.10 Å². The molecule has 0 fully saturated rings. The van der Waals surface area contributed by atoms with Gasteiger partial charge in [0.05, 0.1) is 0 Å². The number of rotatable bonds is 8. The topological polar surface area (TPSA) is 67.9 Å². The van der Waals surface area contributed by atoms with E-state index in [0.29, 0.717) is 35.6 Å². The van der Waals surface area contributed by atoms with Crippen LogP contribution in [0, 0.1) is 31.4 Å². The first kappa shape index (κ1) is 25.3. The van der Waals surface area contributed by atoms with E-state index < -0.39 is 22.6 Å². The Morgan fingerprint density at radius 2 is 1.97 bits per heavy atom.